The third kappa shape index (κ3) is 8.48. The molecule has 0 saturated carbocycles. The molecule has 0 aromatic heterocycles. The zero-order valence-corrected chi connectivity index (χ0v) is 25.7. The highest BCUT2D eigenvalue weighted by Gasteiger charge is 2.17. The van der Waals surface area contributed by atoms with E-state index in [0.29, 0.717) is 22.6 Å². The summed E-state index contributed by atoms with van der Waals surface area (Å²) in [5.41, 5.74) is 6.50. The van der Waals surface area contributed by atoms with Crippen molar-refractivity contribution in [2.24, 2.45) is 0 Å². The van der Waals surface area contributed by atoms with Gasteiger partial charge in [0.15, 0.2) is 0 Å². The van der Waals surface area contributed by atoms with Gasteiger partial charge in [-0.05, 0) is 74.2 Å². The van der Waals surface area contributed by atoms with Gasteiger partial charge < -0.3 is 18.9 Å². The van der Waals surface area contributed by atoms with Crippen molar-refractivity contribution in [3.63, 3.8) is 0 Å². The lowest BCUT2D eigenvalue weighted by Crippen LogP contribution is -2.22. The Morgan fingerprint density at radius 2 is 0.932 bits per heavy atom. The number of benzene rings is 4. The predicted octanol–water partition coefficient (Wildman–Crippen LogP) is 8.46. The maximum Gasteiger partial charge on any atom is 0.333 e. The molecule has 4 rings (SSSR count). The molecule has 0 aliphatic heterocycles. The molecular weight excluding hydrogens is 552 g/mol. The molecule has 2 unspecified atom stereocenters. The molecule has 0 aliphatic carbocycles. The number of hydrogen-bond donors (Lipinski definition) is 0. The predicted molar refractivity (Wildman–Crippen MR) is 174 cm³/mol. The highest BCUT2D eigenvalue weighted by Crippen LogP contribution is 2.38. The van der Waals surface area contributed by atoms with Crippen LogP contribution in [0.25, 0.3) is 33.4 Å². The van der Waals surface area contributed by atoms with Gasteiger partial charge in [0.05, 0.1) is 0 Å². The van der Waals surface area contributed by atoms with E-state index in [1.165, 1.54) is 0 Å². The van der Waals surface area contributed by atoms with Gasteiger partial charge >= 0.3 is 11.9 Å². The topological polar surface area (TPSA) is 71.1 Å². The summed E-state index contributed by atoms with van der Waals surface area (Å²) in [4.78, 5) is 23.9. The van der Waals surface area contributed by atoms with E-state index in [-0.39, 0.29) is 13.2 Å². The molecule has 6 nitrogen and oxygen atoms in total. The van der Waals surface area contributed by atoms with E-state index in [4.69, 9.17) is 18.9 Å². The minimum absolute atomic E-state index is 0.197. The van der Waals surface area contributed by atoms with Crippen LogP contribution in [-0.2, 0) is 19.1 Å². The standard InChI is InChI=1S/C38H38O6/c1-25(2)37(39)43-27(5)23-41-35-19-17-31(21-33(35)29-13-9-7-10-14-29)32-18-20-36(34(22-32)30-15-11-8-12-16-30)42-24-28(6)44-38(40)26(3)4/h7-22,27-28H,1,3,23-24H2,2,4-6H3. The minimum Gasteiger partial charge on any atom is -0.489 e. The van der Waals surface area contributed by atoms with Crippen LogP contribution in [0, 0.1) is 0 Å². The molecule has 0 fully saturated rings. The van der Waals surface area contributed by atoms with Gasteiger partial charge in [-0.3, -0.25) is 0 Å². The summed E-state index contributed by atoms with van der Waals surface area (Å²) in [6.07, 6.45) is -0.897. The Labute approximate surface area is 259 Å². The Hall–Kier alpha value is -5.10. The van der Waals surface area contributed by atoms with Gasteiger partial charge in [0, 0.05) is 22.3 Å². The molecule has 0 bridgehead atoms. The molecule has 0 heterocycles. The van der Waals surface area contributed by atoms with E-state index in [9.17, 15) is 9.59 Å². The van der Waals surface area contributed by atoms with E-state index in [0.717, 1.165) is 33.4 Å². The first-order chi connectivity index (χ1) is 21.1. The lowest BCUT2D eigenvalue weighted by atomic mass is 9.95. The molecule has 0 saturated heterocycles. The Morgan fingerprint density at radius 1 is 0.568 bits per heavy atom. The smallest absolute Gasteiger partial charge is 0.333 e. The van der Waals surface area contributed by atoms with Crippen LogP contribution in [0.1, 0.15) is 27.7 Å². The first kappa shape index (κ1) is 31.8. The monoisotopic (exact) mass is 590 g/mol. The molecule has 0 aliphatic rings. The number of rotatable bonds is 13. The first-order valence-electron chi connectivity index (χ1n) is 14.5. The van der Waals surface area contributed by atoms with Crippen molar-refractivity contribution in [1.82, 2.24) is 0 Å². The Morgan fingerprint density at radius 3 is 1.27 bits per heavy atom. The average molecular weight is 591 g/mol. The molecule has 0 spiro atoms. The number of hydrogen-bond acceptors (Lipinski definition) is 6. The molecule has 2 atom stereocenters. The zero-order valence-electron chi connectivity index (χ0n) is 25.7. The normalized spacial score (nSPS) is 12.0. The second kappa shape index (κ2) is 14.9. The fourth-order valence-corrected chi connectivity index (χ4v) is 4.41. The van der Waals surface area contributed by atoms with Crippen LogP contribution in [0.5, 0.6) is 11.5 Å². The van der Waals surface area contributed by atoms with Gasteiger partial charge in [-0.15, -0.1) is 0 Å². The van der Waals surface area contributed by atoms with Crippen molar-refractivity contribution < 1.29 is 28.5 Å². The second-order valence-electron chi connectivity index (χ2n) is 10.8. The van der Waals surface area contributed by atoms with Gasteiger partial charge in [0.25, 0.3) is 0 Å². The van der Waals surface area contributed by atoms with Gasteiger partial charge in [-0.25, -0.2) is 9.59 Å². The molecule has 44 heavy (non-hydrogen) atoms. The summed E-state index contributed by atoms with van der Waals surface area (Å²) >= 11 is 0. The molecule has 0 radical (unpaired) electrons. The second-order valence-corrected chi connectivity index (χ2v) is 10.8. The SMILES string of the molecule is C=C(C)C(=O)OC(C)COc1ccc(-c2ccc(OCC(C)OC(=O)C(=C)C)c(-c3ccccc3)c2)cc1-c1ccccc1. The molecule has 4 aromatic rings. The summed E-state index contributed by atoms with van der Waals surface area (Å²) < 4.78 is 23.1. The van der Waals surface area contributed by atoms with Crippen LogP contribution in [0.4, 0.5) is 0 Å². The van der Waals surface area contributed by atoms with Crippen molar-refractivity contribution in [3.05, 3.63) is 121 Å². The summed E-state index contributed by atoms with van der Waals surface area (Å²) in [5.74, 6) is 0.479. The quantitative estimate of drug-likeness (QED) is 0.115. The molecule has 4 aromatic carbocycles. The van der Waals surface area contributed by atoms with Crippen LogP contribution in [0.15, 0.2) is 121 Å². The van der Waals surface area contributed by atoms with Crippen LogP contribution in [0.2, 0.25) is 0 Å². The fraction of sp³-hybridized carbons (Fsp3) is 0.211. The molecule has 226 valence electrons. The molecule has 0 N–H and O–H groups in total. The Kier molecular flexibility index (Phi) is 10.8. The van der Waals surface area contributed by atoms with Crippen LogP contribution >= 0.6 is 0 Å². The van der Waals surface area contributed by atoms with Crippen molar-refractivity contribution in [2.45, 2.75) is 39.9 Å². The van der Waals surface area contributed by atoms with E-state index in [1.54, 1.807) is 27.7 Å². The first-order valence-corrected chi connectivity index (χ1v) is 14.5. The van der Waals surface area contributed by atoms with Crippen LogP contribution in [0.3, 0.4) is 0 Å². The van der Waals surface area contributed by atoms with Crippen molar-refractivity contribution >= 4 is 11.9 Å². The highest BCUT2D eigenvalue weighted by molar-refractivity contribution is 5.87. The molecule has 0 amide bonds. The number of ether oxygens (including phenoxy) is 4. The third-order valence-electron chi connectivity index (χ3n) is 6.72. The van der Waals surface area contributed by atoms with E-state index in [1.807, 2.05) is 84.9 Å². The van der Waals surface area contributed by atoms with E-state index < -0.39 is 24.1 Å². The summed E-state index contributed by atoms with van der Waals surface area (Å²) in [6.45, 7) is 14.5. The van der Waals surface area contributed by atoms with Gasteiger partial charge in [-0.2, -0.15) is 0 Å². The fourth-order valence-electron chi connectivity index (χ4n) is 4.41. The van der Waals surface area contributed by atoms with Crippen LogP contribution < -0.4 is 9.47 Å². The summed E-state index contributed by atoms with van der Waals surface area (Å²) in [7, 11) is 0. The number of carbonyl (C=O) groups is 2. The van der Waals surface area contributed by atoms with Gasteiger partial charge in [0.1, 0.15) is 36.9 Å². The highest BCUT2D eigenvalue weighted by atomic mass is 16.6. The number of carbonyl (C=O) groups excluding carboxylic acids is 2. The van der Waals surface area contributed by atoms with Gasteiger partial charge in [0.2, 0.25) is 0 Å². The number of esters is 2. The van der Waals surface area contributed by atoms with Crippen molar-refractivity contribution in [2.75, 3.05) is 13.2 Å². The summed E-state index contributed by atoms with van der Waals surface area (Å²) in [5, 5.41) is 0. The van der Waals surface area contributed by atoms with E-state index >= 15 is 0 Å². The summed E-state index contributed by atoms with van der Waals surface area (Å²) in [6, 6.07) is 32.1. The van der Waals surface area contributed by atoms with Crippen molar-refractivity contribution in [3.8, 4) is 44.9 Å². The van der Waals surface area contributed by atoms with Crippen molar-refractivity contribution in [1.29, 1.82) is 0 Å². The van der Waals surface area contributed by atoms with E-state index in [2.05, 4.69) is 25.3 Å². The molecule has 6 heteroatoms. The Balaban J connectivity index is 1.65. The average Bonchev–Trinajstić information content (AvgIpc) is 3.03. The lowest BCUT2D eigenvalue weighted by Gasteiger charge is -2.19. The third-order valence-corrected chi connectivity index (χ3v) is 6.72. The lowest BCUT2D eigenvalue weighted by molar-refractivity contribution is -0.145. The largest absolute Gasteiger partial charge is 0.489 e. The van der Waals surface area contributed by atoms with Crippen LogP contribution in [-0.4, -0.2) is 37.4 Å². The Bertz CT molecular complexity index is 1500. The van der Waals surface area contributed by atoms with Gasteiger partial charge in [-0.1, -0.05) is 86.0 Å². The maximum absolute atomic E-state index is 11.9. The molecular formula is C38H38O6. The maximum atomic E-state index is 11.9. The minimum atomic E-state index is -0.449. The zero-order chi connectivity index (χ0) is 31.6.